The highest BCUT2D eigenvalue weighted by molar-refractivity contribution is 7.17. The van der Waals surface area contributed by atoms with E-state index in [9.17, 15) is 9.90 Å². The van der Waals surface area contributed by atoms with Gasteiger partial charge in [-0.1, -0.05) is 30.4 Å². The molecule has 0 aliphatic carbocycles. The summed E-state index contributed by atoms with van der Waals surface area (Å²) in [5, 5.41) is 15.4. The number of aryl methyl sites for hydroxylation is 1. The number of benzene rings is 1. The smallest absolute Gasteiger partial charge is 0.409 e. The molecule has 4 rings (SSSR count). The standard InChI is InChI=1S/C21H27N5O4S/c1-4-16-22-20-26(23-16)19(27)18(31-20)17(14-6-8-15(29-3)9-7-14)24-10-12-25(13-11-24)21(28)30-5-2/h6-9,17,27H,4-5,10-13H2,1-3H3. The Labute approximate surface area is 184 Å². The lowest BCUT2D eigenvalue weighted by molar-refractivity contribution is 0.0715. The van der Waals surface area contributed by atoms with Crippen LogP contribution >= 0.6 is 11.3 Å². The molecule has 2 aromatic heterocycles. The van der Waals surface area contributed by atoms with Crippen molar-refractivity contribution >= 4 is 22.4 Å². The second-order valence-electron chi connectivity index (χ2n) is 7.26. The van der Waals surface area contributed by atoms with E-state index in [0.29, 0.717) is 50.0 Å². The second kappa shape index (κ2) is 9.11. The molecule has 31 heavy (non-hydrogen) atoms. The van der Waals surface area contributed by atoms with Gasteiger partial charge in [-0.15, -0.1) is 5.10 Å². The molecule has 1 saturated heterocycles. The van der Waals surface area contributed by atoms with Crippen molar-refractivity contribution < 1.29 is 19.4 Å². The molecular weight excluding hydrogens is 418 g/mol. The fourth-order valence-electron chi connectivity index (χ4n) is 3.81. The molecular formula is C21H27N5O4S. The summed E-state index contributed by atoms with van der Waals surface area (Å²) in [5.41, 5.74) is 1.03. The monoisotopic (exact) mass is 445 g/mol. The minimum Gasteiger partial charge on any atom is -0.497 e. The maximum Gasteiger partial charge on any atom is 0.409 e. The van der Waals surface area contributed by atoms with Crippen molar-refractivity contribution in [3.05, 3.63) is 40.5 Å². The number of carbonyl (C=O) groups is 1. The lowest BCUT2D eigenvalue weighted by Gasteiger charge is -2.38. The highest BCUT2D eigenvalue weighted by Crippen LogP contribution is 2.40. The molecule has 10 heteroatoms. The highest BCUT2D eigenvalue weighted by atomic mass is 32.1. The number of piperazine rings is 1. The van der Waals surface area contributed by atoms with Crippen LogP contribution in [0.2, 0.25) is 0 Å². The van der Waals surface area contributed by atoms with E-state index in [-0.39, 0.29) is 18.0 Å². The number of fused-ring (bicyclic) bond motifs is 1. The van der Waals surface area contributed by atoms with Crippen molar-refractivity contribution in [2.24, 2.45) is 0 Å². The SMILES string of the molecule is CCOC(=O)N1CCN(C(c2ccc(OC)cc2)c2sc3nc(CC)nn3c2O)CC1. The lowest BCUT2D eigenvalue weighted by Crippen LogP contribution is -2.49. The van der Waals surface area contributed by atoms with Gasteiger partial charge in [-0.05, 0) is 24.6 Å². The van der Waals surface area contributed by atoms with Crippen LogP contribution in [0.25, 0.3) is 4.96 Å². The Bertz CT molecular complexity index is 1040. The number of nitrogens with zero attached hydrogens (tertiary/aromatic N) is 5. The minimum atomic E-state index is -0.281. The summed E-state index contributed by atoms with van der Waals surface area (Å²) in [5.74, 6) is 1.59. The zero-order chi connectivity index (χ0) is 22.0. The average molecular weight is 446 g/mol. The molecule has 1 amide bonds. The number of methoxy groups -OCH3 is 1. The van der Waals surface area contributed by atoms with Gasteiger partial charge in [-0.3, -0.25) is 4.90 Å². The van der Waals surface area contributed by atoms with E-state index in [1.165, 1.54) is 15.9 Å². The number of ether oxygens (including phenoxy) is 2. The Hall–Kier alpha value is -2.85. The minimum absolute atomic E-state index is 0.112. The molecule has 0 saturated carbocycles. The molecule has 1 N–H and O–H groups in total. The number of aromatic nitrogens is 3. The number of carbonyl (C=O) groups excluding carboxylic acids is 1. The van der Waals surface area contributed by atoms with Crippen LogP contribution in [0.3, 0.4) is 0 Å². The van der Waals surface area contributed by atoms with Crippen LogP contribution in [0.15, 0.2) is 24.3 Å². The van der Waals surface area contributed by atoms with Gasteiger partial charge < -0.3 is 19.5 Å². The van der Waals surface area contributed by atoms with Gasteiger partial charge >= 0.3 is 6.09 Å². The average Bonchev–Trinajstić information content (AvgIpc) is 3.34. The van der Waals surface area contributed by atoms with Crippen LogP contribution in [0.5, 0.6) is 11.6 Å². The van der Waals surface area contributed by atoms with Crippen molar-refractivity contribution in [1.82, 2.24) is 24.4 Å². The summed E-state index contributed by atoms with van der Waals surface area (Å²) in [6.07, 6.45) is 0.429. The van der Waals surface area contributed by atoms with E-state index >= 15 is 0 Å². The van der Waals surface area contributed by atoms with Crippen molar-refractivity contribution in [2.75, 3.05) is 39.9 Å². The molecule has 0 spiro atoms. The third-order valence-electron chi connectivity index (χ3n) is 5.45. The van der Waals surface area contributed by atoms with Crippen molar-refractivity contribution in [1.29, 1.82) is 0 Å². The maximum atomic E-state index is 12.1. The Morgan fingerprint density at radius 3 is 2.48 bits per heavy atom. The number of amides is 1. The number of hydrogen-bond acceptors (Lipinski definition) is 8. The topological polar surface area (TPSA) is 92.4 Å². The maximum absolute atomic E-state index is 12.1. The predicted molar refractivity (Wildman–Crippen MR) is 117 cm³/mol. The molecule has 1 fully saturated rings. The summed E-state index contributed by atoms with van der Waals surface area (Å²) < 4.78 is 12.0. The van der Waals surface area contributed by atoms with E-state index in [1.54, 1.807) is 12.0 Å². The largest absolute Gasteiger partial charge is 0.497 e. The molecule has 9 nitrogen and oxygen atoms in total. The van der Waals surface area contributed by atoms with Gasteiger partial charge in [0.25, 0.3) is 0 Å². The molecule has 1 unspecified atom stereocenters. The van der Waals surface area contributed by atoms with Crippen LogP contribution in [0.1, 0.15) is 36.2 Å². The number of hydrogen-bond donors (Lipinski definition) is 1. The zero-order valence-corrected chi connectivity index (χ0v) is 18.8. The number of aromatic hydroxyl groups is 1. The fraction of sp³-hybridized carbons (Fsp3) is 0.476. The van der Waals surface area contributed by atoms with Gasteiger partial charge in [0.2, 0.25) is 10.8 Å². The molecule has 0 radical (unpaired) electrons. The summed E-state index contributed by atoms with van der Waals surface area (Å²) >= 11 is 1.44. The quantitative estimate of drug-likeness (QED) is 0.624. The predicted octanol–water partition coefficient (Wildman–Crippen LogP) is 2.93. The van der Waals surface area contributed by atoms with Crippen LogP contribution in [0.4, 0.5) is 4.79 Å². The van der Waals surface area contributed by atoms with Crippen LogP contribution < -0.4 is 4.74 Å². The first kappa shape index (κ1) is 21.4. The Balaban J connectivity index is 1.66. The highest BCUT2D eigenvalue weighted by Gasteiger charge is 2.33. The van der Waals surface area contributed by atoms with E-state index in [2.05, 4.69) is 15.0 Å². The van der Waals surface area contributed by atoms with Gasteiger partial charge in [-0.25, -0.2) is 9.78 Å². The van der Waals surface area contributed by atoms with E-state index in [0.717, 1.165) is 16.2 Å². The molecule has 166 valence electrons. The van der Waals surface area contributed by atoms with Crippen LogP contribution in [0, 0.1) is 0 Å². The Kier molecular flexibility index (Phi) is 6.28. The normalized spacial score (nSPS) is 15.9. The lowest BCUT2D eigenvalue weighted by atomic mass is 10.0. The van der Waals surface area contributed by atoms with Gasteiger partial charge in [0.05, 0.1) is 24.6 Å². The zero-order valence-electron chi connectivity index (χ0n) is 17.9. The summed E-state index contributed by atoms with van der Waals surface area (Å²) in [7, 11) is 1.64. The fourth-order valence-corrected chi connectivity index (χ4v) is 4.95. The van der Waals surface area contributed by atoms with Crippen molar-refractivity contribution in [2.45, 2.75) is 26.3 Å². The van der Waals surface area contributed by atoms with E-state index in [4.69, 9.17) is 9.47 Å². The summed E-state index contributed by atoms with van der Waals surface area (Å²) in [6, 6.07) is 7.66. The van der Waals surface area contributed by atoms with E-state index in [1.807, 2.05) is 38.1 Å². The van der Waals surface area contributed by atoms with Crippen LogP contribution in [-0.4, -0.2) is 75.5 Å². The molecule has 1 aliphatic rings. The molecule has 0 bridgehead atoms. The number of rotatable bonds is 6. The third kappa shape index (κ3) is 4.17. The molecule has 3 heterocycles. The molecule has 1 aliphatic heterocycles. The van der Waals surface area contributed by atoms with E-state index < -0.39 is 0 Å². The Morgan fingerprint density at radius 1 is 1.19 bits per heavy atom. The summed E-state index contributed by atoms with van der Waals surface area (Å²) in [4.78, 5) is 22.1. The molecule has 1 aromatic carbocycles. The van der Waals surface area contributed by atoms with Crippen LogP contribution in [-0.2, 0) is 11.2 Å². The first-order valence-corrected chi connectivity index (χ1v) is 11.2. The first-order valence-electron chi connectivity index (χ1n) is 10.4. The molecule has 3 aromatic rings. The third-order valence-corrected chi connectivity index (χ3v) is 6.52. The van der Waals surface area contributed by atoms with Crippen molar-refractivity contribution in [3.8, 4) is 11.6 Å². The second-order valence-corrected chi connectivity index (χ2v) is 8.27. The van der Waals surface area contributed by atoms with Gasteiger partial charge in [0, 0.05) is 32.6 Å². The van der Waals surface area contributed by atoms with Gasteiger partial charge in [0.15, 0.2) is 5.82 Å². The number of thiazole rings is 1. The van der Waals surface area contributed by atoms with Gasteiger partial charge in [0.1, 0.15) is 5.75 Å². The van der Waals surface area contributed by atoms with Gasteiger partial charge in [-0.2, -0.15) is 4.52 Å². The summed E-state index contributed by atoms with van der Waals surface area (Å²) in [6.45, 7) is 6.59. The van der Waals surface area contributed by atoms with Crippen molar-refractivity contribution in [3.63, 3.8) is 0 Å². The molecule has 1 atom stereocenters. The Morgan fingerprint density at radius 2 is 1.90 bits per heavy atom. The first-order chi connectivity index (χ1) is 15.0.